The fraction of sp³-hybridized carbons (Fsp3) is 0.486. The number of ether oxygens (including phenoxy) is 3. The summed E-state index contributed by atoms with van der Waals surface area (Å²) in [6.45, 7) is 0.395. The molecule has 5 N–H and O–H groups in total. The van der Waals surface area contributed by atoms with Crippen molar-refractivity contribution in [1.82, 2.24) is 25.0 Å². The Morgan fingerprint density at radius 3 is 2.04 bits per heavy atom. The Kier molecular flexibility index (Phi) is 17.7. The van der Waals surface area contributed by atoms with Crippen LogP contribution in [0.4, 0.5) is 42.5 Å². The summed E-state index contributed by atoms with van der Waals surface area (Å²) in [4.78, 5) is 44.0. The van der Waals surface area contributed by atoms with Crippen molar-refractivity contribution in [2.24, 2.45) is 11.8 Å². The lowest BCUT2D eigenvalue weighted by Gasteiger charge is -2.19. The van der Waals surface area contributed by atoms with Crippen LogP contribution in [0.1, 0.15) is 90.8 Å². The molecule has 0 radical (unpaired) electrons. The number of H-pyrrole nitrogens is 1. The zero-order valence-corrected chi connectivity index (χ0v) is 28.3. The van der Waals surface area contributed by atoms with E-state index in [-0.39, 0.29) is 60.5 Å². The number of hydrogen-bond donors (Lipinski definition) is 4. The molecular formula is C35H44F6N8O6. The van der Waals surface area contributed by atoms with Crippen LogP contribution in [-0.4, -0.2) is 51.9 Å². The third-order valence-electron chi connectivity index (χ3n) is 8.48. The number of aromatic amines is 1. The molecule has 0 bridgehead atoms. The van der Waals surface area contributed by atoms with E-state index in [1.807, 2.05) is 0 Å². The predicted octanol–water partition coefficient (Wildman–Crippen LogP) is 8.34. The molecule has 2 aromatic heterocycles. The largest absolute Gasteiger partial charge is 0.453 e. The maximum Gasteiger partial charge on any atom is 0.410 e. The molecule has 0 saturated heterocycles. The molecular weight excluding hydrogens is 742 g/mol. The number of alkyl halides is 4. The lowest BCUT2D eigenvalue weighted by molar-refractivity contribution is -0.126. The normalized spacial score (nSPS) is 14.3. The van der Waals surface area contributed by atoms with E-state index < -0.39 is 48.1 Å². The van der Waals surface area contributed by atoms with Crippen molar-refractivity contribution in [2.75, 3.05) is 12.4 Å². The minimum Gasteiger partial charge on any atom is -0.453 e. The van der Waals surface area contributed by atoms with Crippen molar-refractivity contribution in [3.8, 4) is 11.5 Å². The van der Waals surface area contributed by atoms with Crippen LogP contribution in [0.25, 0.3) is 21.4 Å². The van der Waals surface area contributed by atoms with Crippen LogP contribution in [0.15, 0.2) is 29.1 Å². The van der Waals surface area contributed by atoms with Gasteiger partial charge in [-0.3, -0.25) is 10.2 Å². The number of halogens is 6. The quantitative estimate of drug-likeness (QED) is 0.0471. The number of nitrogens with two attached hydrogens (primary N) is 1. The Labute approximate surface area is 312 Å². The van der Waals surface area contributed by atoms with Gasteiger partial charge in [0.25, 0.3) is 0 Å². The molecule has 55 heavy (non-hydrogen) atoms. The predicted molar refractivity (Wildman–Crippen MR) is 191 cm³/mol. The molecule has 2 amide bonds. The van der Waals surface area contributed by atoms with E-state index in [1.165, 1.54) is 25.7 Å². The Hall–Kier alpha value is -5.58. The number of benzene rings is 2. The van der Waals surface area contributed by atoms with Gasteiger partial charge in [-0.25, -0.2) is 34.0 Å². The second-order valence-corrected chi connectivity index (χ2v) is 11.9. The van der Waals surface area contributed by atoms with Crippen molar-refractivity contribution in [3.05, 3.63) is 63.6 Å². The van der Waals surface area contributed by atoms with Crippen LogP contribution in [0.3, 0.4) is 0 Å². The first-order chi connectivity index (χ1) is 25.3. The first-order valence-electron chi connectivity index (χ1n) is 16.4. The highest BCUT2D eigenvalue weighted by atomic mass is 19.3. The highest BCUT2D eigenvalue weighted by molar-refractivity contribution is 5.92. The third-order valence-corrected chi connectivity index (χ3v) is 8.48. The van der Waals surface area contributed by atoms with Gasteiger partial charge in [-0.1, -0.05) is 53.4 Å². The fourth-order valence-corrected chi connectivity index (χ4v) is 5.94. The summed E-state index contributed by atoms with van der Waals surface area (Å²) < 4.78 is 89.4. The average molecular weight is 787 g/mol. The second-order valence-electron chi connectivity index (χ2n) is 11.9. The van der Waals surface area contributed by atoms with Crippen LogP contribution < -0.4 is 31.7 Å². The number of nitrogens with zero attached hydrogens (tertiary/aromatic N) is 4. The van der Waals surface area contributed by atoms with E-state index in [1.54, 1.807) is 0 Å². The monoisotopic (exact) mass is 786 g/mol. The van der Waals surface area contributed by atoms with Crippen molar-refractivity contribution in [2.45, 2.75) is 98.2 Å². The number of hydrazine groups is 1. The number of carbonyl (C=O) groups is 2. The number of carbonyl (C=O) groups excluding carboxylic acids is 2. The average Bonchev–Trinajstić information content (AvgIpc) is 3.61. The summed E-state index contributed by atoms with van der Waals surface area (Å²) in [6, 6.07) is 3.52. The molecule has 0 unspecified atom stereocenters. The van der Waals surface area contributed by atoms with Gasteiger partial charge in [-0.2, -0.15) is 22.1 Å². The molecule has 0 atom stereocenters. The van der Waals surface area contributed by atoms with Gasteiger partial charge in [0.15, 0.2) is 34.6 Å². The van der Waals surface area contributed by atoms with Crippen LogP contribution in [0.2, 0.25) is 0 Å². The standard InChI is InChI=1S/C16H15F3N4O2.C10H7F3N2O3.C7H14N2O.2CH4/c17-10-6-9-11(7-12(10)25-15(18)19)20-16(24)23-14(9)21-13(22-23)8-4-2-1-3-5-8;1-14-6-3-5(11)8(18-9(12)13)4-7(6)15-10(16)17-2;8-9-7(10)6-4-2-1-3-5-6;;/h6-8,15H,1-5H2,(H,20,24);3-4,9H,2H3,(H,15,16);6H,1-5,8H2,(H,9,10);2*1H4. The van der Waals surface area contributed by atoms with Crippen molar-refractivity contribution >= 4 is 39.9 Å². The van der Waals surface area contributed by atoms with Gasteiger partial charge < -0.3 is 24.5 Å². The lowest BCUT2D eigenvalue weighted by atomic mass is 9.89. The summed E-state index contributed by atoms with van der Waals surface area (Å²) in [5.41, 5.74) is 1.56. The van der Waals surface area contributed by atoms with Crippen LogP contribution >= 0.6 is 0 Å². The van der Waals surface area contributed by atoms with E-state index in [4.69, 9.17) is 12.4 Å². The SMILES string of the molecule is C.C.NNC(=O)C1CCCCC1.O=c1[nH]c2cc(OC(F)F)c(F)cc2c2nc(C3CCCCC3)nn12.[C-]#[N+]c1cc(F)c(OC(F)F)cc1NC(=O)OC. The van der Waals surface area contributed by atoms with Gasteiger partial charge in [-0.15, -0.1) is 5.10 Å². The number of nitrogens with one attached hydrogen (secondary N) is 3. The smallest absolute Gasteiger partial charge is 0.410 e. The molecule has 2 heterocycles. The topological polar surface area (TPSA) is 179 Å². The van der Waals surface area contributed by atoms with E-state index in [0.29, 0.717) is 11.9 Å². The Morgan fingerprint density at radius 2 is 1.49 bits per heavy atom. The lowest BCUT2D eigenvalue weighted by Crippen LogP contribution is -2.36. The van der Waals surface area contributed by atoms with Gasteiger partial charge in [-0.05, 0) is 43.9 Å². The number of aromatic nitrogens is 4. The van der Waals surface area contributed by atoms with Gasteiger partial charge in [0.1, 0.15) is 0 Å². The molecule has 2 saturated carbocycles. The van der Waals surface area contributed by atoms with Crippen LogP contribution in [-0.2, 0) is 9.53 Å². The molecule has 4 aromatic rings. The maximum atomic E-state index is 14.1. The molecule has 0 aliphatic heterocycles. The Morgan fingerprint density at radius 1 is 0.927 bits per heavy atom. The van der Waals surface area contributed by atoms with Gasteiger partial charge in [0.05, 0.1) is 24.9 Å². The zero-order valence-electron chi connectivity index (χ0n) is 28.3. The molecule has 20 heteroatoms. The number of amides is 2. The van der Waals surface area contributed by atoms with Crippen molar-refractivity contribution < 1.29 is 50.1 Å². The summed E-state index contributed by atoms with van der Waals surface area (Å²) in [6.07, 6.45) is 9.98. The first-order valence-corrected chi connectivity index (χ1v) is 16.4. The molecule has 2 fully saturated rings. The second kappa shape index (κ2) is 21.3. The minimum atomic E-state index is -3.22. The molecule has 302 valence electrons. The molecule has 2 aliphatic rings. The number of methoxy groups -OCH3 is 1. The van der Waals surface area contributed by atoms with E-state index >= 15 is 0 Å². The maximum absolute atomic E-state index is 14.1. The molecule has 0 spiro atoms. The molecule has 2 aromatic carbocycles. The fourth-order valence-electron chi connectivity index (χ4n) is 5.94. The number of anilines is 1. The van der Waals surface area contributed by atoms with E-state index in [2.05, 4.69) is 44.9 Å². The molecule has 14 nitrogen and oxygen atoms in total. The van der Waals surface area contributed by atoms with E-state index in [0.717, 1.165) is 68.3 Å². The van der Waals surface area contributed by atoms with Crippen LogP contribution in [0, 0.1) is 24.1 Å². The highest BCUT2D eigenvalue weighted by Crippen LogP contribution is 2.34. The van der Waals surface area contributed by atoms with Crippen molar-refractivity contribution in [1.29, 1.82) is 0 Å². The number of fused-ring (bicyclic) bond motifs is 3. The minimum absolute atomic E-state index is 0. The van der Waals surface area contributed by atoms with Crippen molar-refractivity contribution in [3.63, 3.8) is 0 Å². The van der Waals surface area contributed by atoms with Gasteiger partial charge in [0.2, 0.25) is 11.6 Å². The van der Waals surface area contributed by atoms with Gasteiger partial charge >= 0.3 is 25.0 Å². The third kappa shape index (κ3) is 12.2. The summed E-state index contributed by atoms with van der Waals surface area (Å²) >= 11 is 0. The Balaban J connectivity index is 0.000000307. The van der Waals surface area contributed by atoms with E-state index in [9.17, 15) is 40.7 Å². The summed E-state index contributed by atoms with van der Waals surface area (Å²) in [7, 11) is 1.08. The summed E-state index contributed by atoms with van der Waals surface area (Å²) in [5, 5.41) is 6.65. The molecule has 2 aliphatic carbocycles. The Bertz CT molecular complexity index is 1990. The number of rotatable bonds is 7. The number of hydrogen-bond acceptors (Lipinski definition) is 9. The first kappa shape index (κ1) is 45.6. The highest BCUT2D eigenvalue weighted by Gasteiger charge is 2.23. The summed E-state index contributed by atoms with van der Waals surface area (Å²) in [5.74, 6) is 2.46. The molecule has 6 rings (SSSR count). The van der Waals surface area contributed by atoms with Gasteiger partial charge in [0, 0.05) is 23.3 Å². The zero-order chi connectivity index (χ0) is 38.7. The van der Waals surface area contributed by atoms with Crippen LogP contribution in [0.5, 0.6) is 11.5 Å².